The van der Waals surface area contributed by atoms with Crippen LogP contribution in [0.1, 0.15) is 0 Å². The van der Waals surface area contributed by atoms with E-state index in [2.05, 4.69) is 25.6 Å². The number of anilines is 2. The molecule has 0 aliphatic heterocycles. The molecule has 0 aliphatic rings. The third kappa shape index (κ3) is 8.56. The van der Waals surface area contributed by atoms with Gasteiger partial charge in [0, 0.05) is 10.7 Å². The van der Waals surface area contributed by atoms with Gasteiger partial charge in [0.1, 0.15) is 11.5 Å². The van der Waals surface area contributed by atoms with E-state index in [4.69, 9.17) is 27.9 Å². The predicted octanol–water partition coefficient (Wildman–Crippen LogP) is 5.49. The Balaban J connectivity index is 1.41. The van der Waals surface area contributed by atoms with Crippen molar-refractivity contribution in [2.45, 2.75) is 10.7 Å². The van der Waals surface area contributed by atoms with E-state index in [1.54, 1.807) is 6.07 Å². The third-order valence-electron chi connectivity index (χ3n) is 3.60. The molecule has 2 amide bonds. The first-order valence-corrected chi connectivity index (χ1v) is 11.6. The van der Waals surface area contributed by atoms with E-state index in [1.165, 1.54) is 24.3 Å². The summed E-state index contributed by atoms with van der Waals surface area (Å²) in [4.78, 5) is 24.1. The van der Waals surface area contributed by atoms with Crippen LogP contribution in [0.4, 0.5) is 24.0 Å². The van der Waals surface area contributed by atoms with E-state index in [0.717, 1.165) is 35.2 Å². The summed E-state index contributed by atoms with van der Waals surface area (Å²) < 4.78 is 46.0. The topological polar surface area (TPSA) is 102 Å². The summed E-state index contributed by atoms with van der Waals surface area (Å²) >= 11 is 13.9. The second-order valence-corrected chi connectivity index (χ2v) is 9.24. The molecule has 2 N–H and O–H groups in total. The standard InChI is InChI=1S/C19H13Cl2F3N4O4S2/c20-10-1-6-14(13(21)7-10)31-8-15(29)26-17-27-28-18(34-17)33-9-16(30)25-11-2-4-12(5-3-11)32-19(22,23)24/h1-7H,8-9H2,(H,25,30)(H,26,27,29). The van der Waals surface area contributed by atoms with Crippen molar-refractivity contribution in [3.63, 3.8) is 0 Å². The van der Waals surface area contributed by atoms with Gasteiger partial charge in [-0.3, -0.25) is 14.9 Å². The number of nitrogens with zero attached hydrogens (tertiary/aromatic N) is 2. The van der Waals surface area contributed by atoms with Gasteiger partial charge in [-0.1, -0.05) is 46.3 Å². The molecule has 0 unspecified atom stereocenters. The van der Waals surface area contributed by atoms with E-state index < -0.39 is 23.9 Å². The highest BCUT2D eigenvalue weighted by atomic mass is 35.5. The Morgan fingerprint density at radius 2 is 1.76 bits per heavy atom. The highest BCUT2D eigenvalue weighted by Gasteiger charge is 2.31. The number of alkyl halides is 3. The molecule has 0 aliphatic carbocycles. The van der Waals surface area contributed by atoms with E-state index in [9.17, 15) is 22.8 Å². The maximum Gasteiger partial charge on any atom is 0.573 e. The van der Waals surface area contributed by atoms with Gasteiger partial charge in [0.25, 0.3) is 5.91 Å². The molecule has 180 valence electrons. The molecule has 3 rings (SSSR count). The van der Waals surface area contributed by atoms with Crippen molar-refractivity contribution in [1.82, 2.24) is 10.2 Å². The van der Waals surface area contributed by atoms with E-state index >= 15 is 0 Å². The maximum absolute atomic E-state index is 12.2. The summed E-state index contributed by atoms with van der Waals surface area (Å²) in [7, 11) is 0. The van der Waals surface area contributed by atoms with Crippen LogP contribution in [-0.4, -0.2) is 40.7 Å². The van der Waals surface area contributed by atoms with Crippen LogP contribution in [0.2, 0.25) is 10.0 Å². The van der Waals surface area contributed by atoms with Gasteiger partial charge >= 0.3 is 6.36 Å². The van der Waals surface area contributed by atoms with Crippen LogP contribution in [0.3, 0.4) is 0 Å². The SMILES string of the molecule is O=C(CSc1nnc(NC(=O)COc2ccc(Cl)cc2Cl)s1)Nc1ccc(OC(F)(F)F)cc1. The van der Waals surface area contributed by atoms with Crippen molar-refractivity contribution in [2.75, 3.05) is 23.0 Å². The number of halogens is 5. The molecule has 8 nitrogen and oxygen atoms in total. The molecular formula is C19H13Cl2F3N4O4S2. The number of nitrogens with one attached hydrogen (secondary N) is 2. The minimum Gasteiger partial charge on any atom is -0.482 e. The highest BCUT2D eigenvalue weighted by Crippen LogP contribution is 2.28. The van der Waals surface area contributed by atoms with Gasteiger partial charge in [0.15, 0.2) is 10.9 Å². The first kappa shape index (κ1) is 25.9. The number of benzene rings is 2. The van der Waals surface area contributed by atoms with Crippen LogP contribution < -0.4 is 20.1 Å². The molecule has 34 heavy (non-hydrogen) atoms. The Hall–Kier alpha value is -2.74. The van der Waals surface area contributed by atoms with Crippen LogP contribution >= 0.6 is 46.3 Å². The predicted molar refractivity (Wildman–Crippen MR) is 123 cm³/mol. The molecule has 1 heterocycles. The molecule has 0 saturated carbocycles. The molecule has 1 aromatic heterocycles. The molecule has 2 aromatic carbocycles. The summed E-state index contributed by atoms with van der Waals surface area (Å²) in [5, 5.41) is 13.7. The number of hydrogen-bond donors (Lipinski definition) is 2. The molecule has 0 bridgehead atoms. The van der Waals surface area contributed by atoms with Crippen LogP contribution in [0.25, 0.3) is 0 Å². The number of carbonyl (C=O) groups is 2. The first-order valence-electron chi connectivity index (χ1n) is 9.07. The Bertz CT molecular complexity index is 1160. The lowest BCUT2D eigenvalue weighted by Gasteiger charge is -2.09. The molecule has 0 saturated heterocycles. The summed E-state index contributed by atoms with van der Waals surface area (Å²) in [5.74, 6) is -1.05. The summed E-state index contributed by atoms with van der Waals surface area (Å²) in [6.45, 7) is -0.321. The lowest BCUT2D eigenvalue weighted by atomic mass is 10.3. The molecule has 0 fully saturated rings. The lowest BCUT2D eigenvalue weighted by Crippen LogP contribution is -2.20. The zero-order chi connectivity index (χ0) is 24.7. The summed E-state index contributed by atoms with van der Waals surface area (Å²) in [5.41, 5.74) is 0.297. The minimum absolute atomic E-state index is 0.0401. The Morgan fingerprint density at radius 3 is 2.44 bits per heavy atom. The largest absolute Gasteiger partial charge is 0.573 e. The van der Waals surface area contributed by atoms with Gasteiger partial charge in [0.05, 0.1) is 10.8 Å². The smallest absolute Gasteiger partial charge is 0.482 e. The number of carbonyl (C=O) groups excluding carboxylic acids is 2. The number of hydrogen-bond acceptors (Lipinski definition) is 8. The van der Waals surface area contributed by atoms with Gasteiger partial charge in [0.2, 0.25) is 11.0 Å². The molecule has 0 atom stereocenters. The number of rotatable bonds is 9. The second-order valence-electron chi connectivity index (χ2n) is 6.19. The van der Waals surface area contributed by atoms with E-state index in [0.29, 0.717) is 20.8 Å². The number of thioether (sulfide) groups is 1. The van der Waals surface area contributed by atoms with Crippen LogP contribution in [0.5, 0.6) is 11.5 Å². The van der Waals surface area contributed by atoms with Crippen molar-refractivity contribution >= 4 is 68.9 Å². The van der Waals surface area contributed by atoms with E-state index in [-0.39, 0.29) is 22.5 Å². The third-order valence-corrected chi connectivity index (χ3v) is 6.11. The fraction of sp³-hybridized carbons (Fsp3) is 0.158. The Morgan fingerprint density at radius 1 is 1.03 bits per heavy atom. The summed E-state index contributed by atoms with van der Waals surface area (Å²) in [6.07, 6.45) is -4.79. The Kier molecular flexibility index (Phi) is 8.83. The quantitative estimate of drug-likeness (QED) is 0.267. The van der Waals surface area contributed by atoms with Gasteiger partial charge < -0.3 is 14.8 Å². The number of amides is 2. The van der Waals surface area contributed by atoms with Crippen LogP contribution in [0.15, 0.2) is 46.8 Å². The zero-order valence-electron chi connectivity index (χ0n) is 16.7. The maximum atomic E-state index is 12.2. The van der Waals surface area contributed by atoms with Gasteiger partial charge in [-0.15, -0.1) is 23.4 Å². The van der Waals surface area contributed by atoms with Crippen molar-refractivity contribution in [1.29, 1.82) is 0 Å². The average Bonchev–Trinajstić information content (AvgIpc) is 3.19. The van der Waals surface area contributed by atoms with Crippen molar-refractivity contribution in [3.05, 3.63) is 52.5 Å². The van der Waals surface area contributed by atoms with Gasteiger partial charge in [-0.25, -0.2) is 0 Å². The minimum atomic E-state index is -4.79. The molecular weight excluding hydrogens is 540 g/mol. The zero-order valence-corrected chi connectivity index (χ0v) is 19.8. The Labute approximate surface area is 208 Å². The fourth-order valence-corrected chi connectivity index (χ4v) is 4.31. The summed E-state index contributed by atoms with van der Waals surface area (Å²) in [6, 6.07) is 9.32. The fourth-order valence-electron chi connectivity index (χ4n) is 2.27. The second kappa shape index (κ2) is 11.6. The van der Waals surface area contributed by atoms with E-state index in [1.807, 2.05) is 0 Å². The molecule has 0 spiro atoms. The molecule has 15 heteroatoms. The normalized spacial score (nSPS) is 11.1. The van der Waals surface area contributed by atoms with Crippen molar-refractivity contribution < 1.29 is 32.2 Å². The van der Waals surface area contributed by atoms with Crippen LogP contribution in [-0.2, 0) is 9.59 Å². The van der Waals surface area contributed by atoms with Gasteiger partial charge in [-0.2, -0.15) is 0 Å². The lowest BCUT2D eigenvalue weighted by molar-refractivity contribution is -0.274. The number of ether oxygens (including phenoxy) is 2. The number of aromatic nitrogens is 2. The first-order chi connectivity index (χ1) is 16.1. The van der Waals surface area contributed by atoms with Crippen LogP contribution in [0, 0.1) is 0 Å². The monoisotopic (exact) mass is 552 g/mol. The van der Waals surface area contributed by atoms with Crippen molar-refractivity contribution in [2.24, 2.45) is 0 Å². The molecule has 3 aromatic rings. The van der Waals surface area contributed by atoms with Crippen molar-refractivity contribution in [3.8, 4) is 11.5 Å². The average molecular weight is 553 g/mol. The molecule has 0 radical (unpaired) electrons. The highest BCUT2D eigenvalue weighted by molar-refractivity contribution is 8.01. The van der Waals surface area contributed by atoms with Gasteiger partial charge in [-0.05, 0) is 42.5 Å².